The SMILES string of the molecule is CC.CO/C=C(\C)CC1(C)C2=CCCC(O)[C@]2(C)CCC1C(C)C=O. The number of aldehydes is 1. The summed E-state index contributed by atoms with van der Waals surface area (Å²) in [6.45, 7) is 12.6. The zero-order valence-corrected chi connectivity index (χ0v) is 17.3. The Kier molecular flexibility index (Phi) is 7.92. The fourth-order valence-corrected chi connectivity index (χ4v) is 5.26. The molecule has 1 fully saturated rings. The Bertz CT molecular complexity index is 507. The molecule has 1 N–H and O–H groups in total. The van der Waals surface area contributed by atoms with E-state index in [9.17, 15) is 9.90 Å². The highest BCUT2D eigenvalue weighted by atomic mass is 16.5. The van der Waals surface area contributed by atoms with E-state index in [2.05, 4.69) is 26.8 Å². The van der Waals surface area contributed by atoms with Crippen LogP contribution in [-0.4, -0.2) is 24.6 Å². The van der Waals surface area contributed by atoms with Crippen LogP contribution in [0.2, 0.25) is 0 Å². The number of ether oxygens (including phenoxy) is 1. The molecule has 0 radical (unpaired) electrons. The summed E-state index contributed by atoms with van der Waals surface area (Å²) in [6.07, 6.45) is 9.57. The lowest BCUT2D eigenvalue weighted by Gasteiger charge is -2.56. The summed E-state index contributed by atoms with van der Waals surface area (Å²) in [5.41, 5.74) is 2.29. The maximum absolute atomic E-state index is 11.5. The number of rotatable bonds is 5. The topological polar surface area (TPSA) is 46.5 Å². The van der Waals surface area contributed by atoms with Gasteiger partial charge in [0.25, 0.3) is 0 Å². The standard InChI is InChI=1S/C20H32O3.C2H6/c1-14(13-23-5)11-20(4)16(15(2)12-21)9-10-19(3)17(20)7-6-8-18(19)22;1-2/h7,12-13,15-16,18,22H,6,8-11H2,1-5H3;1-2H3/b14-13+;/t15?,16?,18?,19-,20?;/m1./s1. The number of aliphatic hydroxyl groups is 1. The fourth-order valence-electron chi connectivity index (χ4n) is 5.26. The Morgan fingerprint density at radius 3 is 2.60 bits per heavy atom. The van der Waals surface area contributed by atoms with Crippen molar-refractivity contribution in [3.63, 3.8) is 0 Å². The number of hydrogen-bond acceptors (Lipinski definition) is 3. The van der Waals surface area contributed by atoms with Crippen molar-refractivity contribution >= 4 is 6.29 Å². The second-order valence-electron chi connectivity index (χ2n) is 8.06. The number of hydrogen-bond donors (Lipinski definition) is 1. The molecule has 0 aromatic carbocycles. The van der Waals surface area contributed by atoms with Crippen molar-refractivity contribution in [1.29, 1.82) is 0 Å². The van der Waals surface area contributed by atoms with Crippen LogP contribution in [-0.2, 0) is 9.53 Å². The van der Waals surface area contributed by atoms with E-state index in [-0.39, 0.29) is 22.9 Å². The quantitative estimate of drug-likeness (QED) is 0.416. The van der Waals surface area contributed by atoms with Gasteiger partial charge in [0.2, 0.25) is 0 Å². The molecule has 0 aromatic rings. The summed E-state index contributed by atoms with van der Waals surface area (Å²) in [5.74, 6) is 0.338. The normalized spacial score (nSPS) is 36.3. The third-order valence-corrected chi connectivity index (χ3v) is 6.36. The molecule has 3 nitrogen and oxygen atoms in total. The molecule has 0 heterocycles. The van der Waals surface area contributed by atoms with Gasteiger partial charge in [0, 0.05) is 11.3 Å². The van der Waals surface area contributed by atoms with Crippen molar-refractivity contribution in [1.82, 2.24) is 0 Å². The fraction of sp³-hybridized carbons (Fsp3) is 0.773. The van der Waals surface area contributed by atoms with E-state index >= 15 is 0 Å². The van der Waals surface area contributed by atoms with Crippen molar-refractivity contribution in [2.75, 3.05) is 7.11 Å². The number of carbonyl (C=O) groups excluding carboxylic acids is 1. The average molecular weight is 351 g/mol. The third kappa shape index (κ3) is 4.19. The summed E-state index contributed by atoms with van der Waals surface area (Å²) in [5, 5.41) is 10.7. The van der Waals surface area contributed by atoms with Crippen LogP contribution < -0.4 is 0 Å². The first-order chi connectivity index (χ1) is 11.8. The van der Waals surface area contributed by atoms with Gasteiger partial charge in [0.15, 0.2) is 0 Å². The summed E-state index contributed by atoms with van der Waals surface area (Å²) >= 11 is 0. The summed E-state index contributed by atoms with van der Waals surface area (Å²) in [6, 6.07) is 0. The lowest BCUT2D eigenvalue weighted by Crippen LogP contribution is -2.50. The molecule has 2 rings (SSSR count). The maximum Gasteiger partial charge on any atom is 0.123 e. The Morgan fingerprint density at radius 1 is 1.40 bits per heavy atom. The molecule has 0 amide bonds. The minimum absolute atomic E-state index is 0.0277. The van der Waals surface area contributed by atoms with Gasteiger partial charge in [0.05, 0.1) is 19.5 Å². The molecule has 5 atom stereocenters. The van der Waals surface area contributed by atoms with Gasteiger partial charge in [-0.05, 0) is 55.9 Å². The minimum atomic E-state index is -0.277. The van der Waals surface area contributed by atoms with Gasteiger partial charge in [0.1, 0.15) is 6.29 Å². The van der Waals surface area contributed by atoms with Crippen LogP contribution in [0, 0.1) is 22.7 Å². The minimum Gasteiger partial charge on any atom is -0.504 e. The Hall–Kier alpha value is -1.09. The molecule has 1 saturated carbocycles. The number of fused-ring (bicyclic) bond motifs is 1. The molecule has 0 aliphatic heterocycles. The monoisotopic (exact) mass is 350 g/mol. The maximum atomic E-state index is 11.5. The van der Waals surface area contributed by atoms with Gasteiger partial charge in [-0.15, -0.1) is 0 Å². The summed E-state index contributed by atoms with van der Waals surface area (Å²) in [4.78, 5) is 11.5. The largest absolute Gasteiger partial charge is 0.504 e. The summed E-state index contributed by atoms with van der Waals surface area (Å²) < 4.78 is 5.19. The number of carbonyl (C=O) groups is 1. The van der Waals surface area contributed by atoms with E-state index in [1.807, 2.05) is 20.8 Å². The van der Waals surface area contributed by atoms with Crippen LogP contribution in [0.4, 0.5) is 0 Å². The molecule has 4 unspecified atom stereocenters. The predicted molar refractivity (Wildman–Crippen MR) is 104 cm³/mol. The van der Waals surface area contributed by atoms with Crippen LogP contribution in [0.1, 0.15) is 73.6 Å². The van der Waals surface area contributed by atoms with Crippen LogP contribution in [0.25, 0.3) is 0 Å². The lowest BCUT2D eigenvalue weighted by molar-refractivity contribution is -0.115. The highest BCUT2D eigenvalue weighted by Crippen LogP contribution is 2.61. The van der Waals surface area contributed by atoms with Crippen molar-refractivity contribution in [2.24, 2.45) is 22.7 Å². The van der Waals surface area contributed by atoms with E-state index in [0.717, 1.165) is 38.4 Å². The smallest absolute Gasteiger partial charge is 0.123 e. The van der Waals surface area contributed by atoms with Crippen molar-refractivity contribution in [3.05, 3.63) is 23.5 Å². The molecular weight excluding hydrogens is 312 g/mol. The average Bonchev–Trinajstić information content (AvgIpc) is 2.58. The van der Waals surface area contributed by atoms with Gasteiger partial charge in [-0.3, -0.25) is 0 Å². The van der Waals surface area contributed by atoms with E-state index in [1.165, 1.54) is 11.1 Å². The van der Waals surface area contributed by atoms with Crippen molar-refractivity contribution in [3.8, 4) is 0 Å². The molecule has 0 spiro atoms. The van der Waals surface area contributed by atoms with Crippen LogP contribution >= 0.6 is 0 Å². The Morgan fingerprint density at radius 2 is 2.04 bits per heavy atom. The molecule has 2 aliphatic rings. The number of methoxy groups -OCH3 is 1. The zero-order chi connectivity index (χ0) is 19.3. The Labute approximate surface area is 154 Å². The molecule has 144 valence electrons. The van der Waals surface area contributed by atoms with Gasteiger partial charge in [-0.25, -0.2) is 0 Å². The second-order valence-corrected chi connectivity index (χ2v) is 8.06. The lowest BCUT2D eigenvalue weighted by atomic mass is 9.48. The highest BCUT2D eigenvalue weighted by molar-refractivity contribution is 5.54. The third-order valence-electron chi connectivity index (χ3n) is 6.36. The molecular formula is C22H38O3. The first kappa shape index (κ1) is 22.0. The molecule has 25 heavy (non-hydrogen) atoms. The van der Waals surface area contributed by atoms with Gasteiger partial charge in [-0.2, -0.15) is 0 Å². The predicted octanol–water partition coefficient (Wildman–Crippen LogP) is 5.29. The second kappa shape index (κ2) is 9.02. The molecule has 0 saturated heterocycles. The molecule has 0 bridgehead atoms. The van der Waals surface area contributed by atoms with E-state index in [0.29, 0.717) is 5.92 Å². The molecule has 3 heteroatoms. The van der Waals surface area contributed by atoms with Crippen LogP contribution in [0.15, 0.2) is 23.5 Å². The van der Waals surface area contributed by atoms with Crippen molar-refractivity contribution in [2.45, 2.75) is 79.8 Å². The molecule has 2 aliphatic carbocycles. The van der Waals surface area contributed by atoms with Gasteiger partial charge < -0.3 is 14.6 Å². The van der Waals surface area contributed by atoms with Gasteiger partial charge >= 0.3 is 0 Å². The van der Waals surface area contributed by atoms with Crippen LogP contribution in [0.5, 0.6) is 0 Å². The summed E-state index contributed by atoms with van der Waals surface area (Å²) in [7, 11) is 1.67. The zero-order valence-electron chi connectivity index (χ0n) is 17.3. The first-order valence-corrected chi connectivity index (χ1v) is 9.82. The van der Waals surface area contributed by atoms with E-state index in [4.69, 9.17) is 4.74 Å². The number of aliphatic hydroxyl groups excluding tert-OH is 1. The van der Waals surface area contributed by atoms with Crippen LogP contribution in [0.3, 0.4) is 0 Å². The number of allylic oxidation sites excluding steroid dienone is 2. The Balaban J connectivity index is 0.00000151. The highest BCUT2D eigenvalue weighted by Gasteiger charge is 2.54. The molecule has 0 aromatic heterocycles. The van der Waals surface area contributed by atoms with Crippen molar-refractivity contribution < 1.29 is 14.6 Å². The van der Waals surface area contributed by atoms with Gasteiger partial charge in [-0.1, -0.05) is 46.3 Å². The first-order valence-electron chi connectivity index (χ1n) is 9.82. The van der Waals surface area contributed by atoms with E-state index in [1.54, 1.807) is 13.4 Å². The van der Waals surface area contributed by atoms with E-state index < -0.39 is 0 Å².